The molecule has 2 atom stereocenters. The smallest absolute Gasteiger partial charge is 0.252 e. The number of hydrogen-bond donors (Lipinski definition) is 1. The van der Waals surface area contributed by atoms with Gasteiger partial charge in [-0.05, 0) is 94.9 Å². The molecule has 1 aliphatic carbocycles. The van der Waals surface area contributed by atoms with Crippen molar-refractivity contribution in [3.8, 4) is 5.75 Å². The second kappa shape index (κ2) is 14.1. The average Bonchev–Trinajstić information content (AvgIpc) is 3.87. The van der Waals surface area contributed by atoms with Crippen molar-refractivity contribution >= 4 is 44.9 Å². The van der Waals surface area contributed by atoms with Crippen molar-refractivity contribution in [2.75, 3.05) is 26.2 Å². The highest BCUT2D eigenvalue weighted by Crippen LogP contribution is 2.37. The van der Waals surface area contributed by atoms with Crippen LogP contribution in [0.15, 0.2) is 76.8 Å². The number of ether oxygens (including phenoxy) is 1. The predicted molar refractivity (Wildman–Crippen MR) is 179 cm³/mol. The van der Waals surface area contributed by atoms with Crippen molar-refractivity contribution in [1.29, 1.82) is 0 Å². The summed E-state index contributed by atoms with van der Waals surface area (Å²) in [6.07, 6.45) is 4.98. The zero-order valence-corrected chi connectivity index (χ0v) is 27.7. The van der Waals surface area contributed by atoms with Crippen LogP contribution in [0.4, 0.5) is 4.39 Å². The van der Waals surface area contributed by atoms with E-state index in [2.05, 4.69) is 45.5 Å². The van der Waals surface area contributed by atoms with Gasteiger partial charge >= 0.3 is 0 Å². The molecule has 0 aromatic heterocycles. The molecule has 6 nitrogen and oxygen atoms in total. The molecule has 1 N–H and O–H groups in total. The number of nitrogens with one attached hydrogen (secondary N) is 1. The van der Waals surface area contributed by atoms with Gasteiger partial charge < -0.3 is 19.9 Å². The number of carbonyl (C=O) groups excluding carboxylic acids is 2. The van der Waals surface area contributed by atoms with E-state index < -0.39 is 0 Å². The highest BCUT2D eigenvalue weighted by Gasteiger charge is 2.42. The molecule has 0 unspecified atom stereocenters. The van der Waals surface area contributed by atoms with Crippen molar-refractivity contribution in [3.05, 3.63) is 104 Å². The zero-order valence-electron chi connectivity index (χ0n) is 25.4. The van der Waals surface area contributed by atoms with Gasteiger partial charge in [0.25, 0.3) is 5.91 Å². The molecule has 1 saturated carbocycles. The SMILES string of the molecule is CC(=O)N1C[C@H]2CC(c3ccc(CCCOc4cc(F)ccc4Br)cc3)=C(C(=O)N(CCc3ccccc3Cl)C3CC3)[C@@H](C1)N2. The Bertz CT molecular complexity index is 1590. The number of benzene rings is 3. The molecule has 2 fully saturated rings. The fourth-order valence-corrected chi connectivity index (χ4v) is 7.07. The lowest BCUT2D eigenvalue weighted by Gasteiger charge is -2.44. The summed E-state index contributed by atoms with van der Waals surface area (Å²) in [6.45, 7) is 3.80. The maximum absolute atomic E-state index is 14.5. The third kappa shape index (κ3) is 7.62. The van der Waals surface area contributed by atoms with Gasteiger partial charge in [0.05, 0.1) is 17.1 Å². The van der Waals surface area contributed by atoms with Crippen molar-refractivity contribution in [1.82, 2.24) is 15.1 Å². The van der Waals surface area contributed by atoms with Gasteiger partial charge in [0.15, 0.2) is 0 Å². The van der Waals surface area contributed by atoms with Crippen molar-refractivity contribution in [3.63, 3.8) is 0 Å². The van der Waals surface area contributed by atoms with Crippen LogP contribution in [0.3, 0.4) is 0 Å². The zero-order chi connectivity index (χ0) is 31.5. The van der Waals surface area contributed by atoms with Gasteiger partial charge in [-0.15, -0.1) is 0 Å². The molecule has 2 heterocycles. The molecule has 2 amide bonds. The summed E-state index contributed by atoms with van der Waals surface area (Å²) >= 11 is 9.87. The third-order valence-corrected chi connectivity index (χ3v) is 10.00. The van der Waals surface area contributed by atoms with Gasteiger partial charge in [-0.3, -0.25) is 9.59 Å². The lowest BCUT2D eigenvalue weighted by atomic mass is 9.82. The number of rotatable bonds is 11. The topological polar surface area (TPSA) is 61.9 Å². The van der Waals surface area contributed by atoms with Crippen LogP contribution < -0.4 is 10.1 Å². The first-order valence-electron chi connectivity index (χ1n) is 15.7. The quantitative estimate of drug-likeness (QED) is 0.224. The van der Waals surface area contributed by atoms with E-state index in [-0.39, 0.29) is 35.8 Å². The van der Waals surface area contributed by atoms with Gasteiger partial charge in [0, 0.05) is 55.3 Å². The van der Waals surface area contributed by atoms with E-state index in [1.807, 2.05) is 34.1 Å². The maximum Gasteiger partial charge on any atom is 0.252 e. The van der Waals surface area contributed by atoms with Gasteiger partial charge in [0.2, 0.25) is 5.91 Å². The first kappa shape index (κ1) is 31.8. The highest BCUT2D eigenvalue weighted by atomic mass is 79.9. The first-order valence-corrected chi connectivity index (χ1v) is 16.9. The number of amides is 2. The summed E-state index contributed by atoms with van der Waals surface area (Å²) in [4.78, 5) is 30.8. The second-order valence-corrected chi connectivity index (χ2v) is 13.5. The normalized spacial score (nSPS) is 19.4. The number of nitrogens with zero attached hydrogens (tertiary/aromatic N) is 2. The number of hydrogen-bond acceptors (Lipinski definition) is 4. The average molecular weight is 695 g/mol. The fourth-order valence-electron chi connectivity index (χ4n) is 6.48. The summed E-state index contributed by atoms with van der Waals surface area (Å²) < 4.78 is 20.1. The molecule has 1 saturated heterocycles. The van der Waals surface area contributed by atoms with E-state index in [1.54, 1.807) is 13.0 Å². The predicted octanol–water partition coefficient (Wildman–Crippen LogP) is 6.83. The molecule has 0 spiro atoms. The van der Waals surface area contributed by atoms with Crippen molar-refractivity contribution < 1.29 is 18.7 Å². The molecule has 9 heteroatoms. The molecule has 236 valence electrons. The van der Waals surface area contributed by atoms with E-state index in [0.29, 0.717) is 44.8 Å². The summed E-state index contributed by atoms with van der Waals surface area (Å²) in [6, 6.07) is 20.8. The van der Waals surface area contributed by atoms with Crippen LogP contribution in [-0.4, -0.2) is 66.0 Å². The standard InChI is InChI=1S/C36H38BrClFN3O3/c1-23(43)41-21-28-20-30(25-10-8-24(9-11-25)5-4-18-45-34-19-27(39)12-15-31(34)37)35(33(22-41)40-28)36(44)42(29-13-14-29)17-16-26-6-2-3-7-32(26)38/h2-3,6-12,15,19,28-29,33,40H,4-5,13-14,16-18,20-22H2,1H3/t28-,33-/m1/s1. The monoisotopic (exact) mass is 693 g/mol. The summed E-state index contributed by atoms with van der Waals surface area (Å²) in [5.41, 5.74) is 5.12. The Morgan fingerprint density at radius 1 is 1.07 bits per heavy atom. The number of carbonyl (C=O) groups is 2. The Morgan fingerprint density at radius 2 is 1.84 bits per heavy atom. The Balaban J connectivity index is 1.21. The number of fused-ring (bicyclic) bond motifs is 2. The van der Waals surface area contributed by atoms with Gasteiger partial charge in [0.1, 0.15) is 11.6 Å². The van der Waals surface area contributed by atoms with Crippen LogP contribution >= 0.6 is 27.5 Å². The van der Waals surface area contributed by atoms with Crippen LogP contribution in [0.2, 0.25) is 5.02 Å². The van der Waals surface area contributed by atoms with Crippen molar-refractivity contribution in [2.45, 2.75) is 63.6 Å². The first-order chi connectivity index (χ1) is 21.8. The molecule has 45 heavy (non-hydrogen) atoms. The highest BCUT2D eigenvalue weighted by molar-refractivity contribution is 9.10. The van der Waals surface area contributed by atoms with E-state index >= 15 is 0 Å². The summed E-state index contributed by atoms with van der Waals surface area (Å²) in [5, 5.41) is 4.39. The largest absolute Gasteiger partial charge is 0.492 e. The lowest BCUT2D eigenvalue weighted by Crippen LogP contribution is -2.62. The lowest BCUT2D eigenvalue weighted by molar-refractivity contribution is -0.132. The molecule has 2 aliphatic heterocycles. The van der Waals surface area contributed by atoms with Crippen LogP contribution in [-0.2, 0) is 22.4 Å². The van der Waals surface area contributed by atoms with Crippen molar-refractivity contribution in [2.24, 2.45) is 0 Å². The molecule has 3 aliphatic rings. The minimum absolute atomic E-state index is 0.0395. The molecule has 3 aromatic rings. The van der Waals surface area contributed by atoms with Gasteiger partial charge in [-0.1, -0.05) is 54.1 Å². The maximum atomic E-state index is 14.5. The summed E-state index contributed by atoms with van der Waals surface area (Å²) in [7, 11) is 0. The molecule has 2 bridgehead atoms. The van der Waals surface area contributed by atoms with Gasteiger partial charge in [-0.2, -0.15) is 0 Å². The van der Waals surface area contributed by atoms with Crippen LogP contribution in [0.25, 0.3) is 5.57 Å². The minimum atomic E-state index is -0.326. The number of piperazine rings is 1. The molecule has 0 radical (unpaired) electrons. The van der Waals surface area contributed by atoms with Crippen LogP contribution in [0, 0.1) is 5.82 Å². The fraction of sp³-hybridized carbons (Fsp3) is 0.389. The third-order valence-electron chi connectivity index (χ3n) is 8.97. The molecule has 3 aromatic carbocycles. The van der Waals surface area contributed by atoms with E-state index in [0.717, 1.165) is 57.5 Å². The minimum Gasteiger partial charge on any atom is -0.492 e. The molecular formula is C36H38BrClFN3O3. The van der Waals surface area contributed by atoms with Crippen LogP contribution in [0.5, 0.6) is 5.75 Å². The van der Waals surface area contributed by atoms with E-state index in [9.17, 15) is 14.0 Å². The van der Waals surface area contributed by atoms with E-state index in [1.165, 1.54) is 17.7 Å². The Kier molecular flexibility index (Phi) is 9.93. The molecular weight excluding hydrogens is 657 g/mol. The number of halogens is 3. The van der Waals surface area contributed by atoms with Crippen LogP contribution in [0.1, 0.15) is 49.3 Å². The summed E-state index contributed by atoms with van der Waals surface area (Å²) in [5.74, 6) is 0.275. The Morgan fingerprint density at radius 3 is 2.58 bits per heavy atom. The molecule has 6 rings (SSSR count). The Labute approximate surface area is 277 Å². The van der Waals surface area contributed by atoms with E-state index in [4.69, 9.17) is 16.3 Å². The Hall–Kier alpha value is -3.20. The number of aryl methyl sites for hydroxylation is 1. The second-order valence-electron chi connectivity index (χ2n) is 12.2. The van der Waals surface area contributed by atoms with Gasteiger partial charge in [-0.25, -0.2) is 4.39 Å².